The summed E-state index contributed by atoms with van der Waals surface area (Å²) in [5.74, 6) is 0. The van der Waals surface area contributed by atoms with E-state index < -0.39 is 0 Å². The van der Waals surface area contributed by atoms with Crippen molar-refractivity contribution in [2.75, 3.05) is 0 Å². The molecule has 5 heteroatoms. The molecule has 0 saturated heterocycles. The first-order valence-corrected chi connectivity index (χ1v) is 7.67. The second-order valence-electron chi connectivity index (χ2n) is 4.97. The van der Waals surface area contributed by atoms with E-state index in [0.717, 1.165) is 16.4 Å². The number of hydrogen-bond acceptors (Lipinski definition) is 3. The molecule has 0 fully saturated rings. The van der Waals surface area contributed by atoms with Gasteiger partial charge < -0.3 is 5.73 Å². The summed E-state index contributed by atoms with van der Waals surface area (Å²) >= 11 is 8.03. The Labute approximate surface area is 127 Å². The van der Waals surface area contributed by atoms with Crippen molar-refractivity contribution in [1.29, 1.82) is 0 Å². The third-order valence-electron chi connectivity index (χ3n) is 3.48. The van der Waals surface area contributed by atoms with Crippen LogP contribution in [0.3, 0.4) is 0 Å². The van der Waals surface area contributed by atoms with E-state index in [1.165, 1.54) is 15.0 Å². The van der Waals surface area contributed by atoms with Crippen LogP contribution in [0.2, 0.25) is 5.02 Å². The van der Waals surface area contributed by atoms with Crippen LogP contribution < -0.4 is 5.73 Å². The van der Waals surface area contributed by atoms with Crippen LogP contribution in [-0.2, 0) is 13.5 Å². The predicted molar refractivity (Wildman–Crippen MR) is 85.4 cm³/mol. The van der Waals surface area contributed by atoms with Crippen LogP contribution in [0.15, 0.2) is 30.3 Å². The van der Waals surface area contributed by atoms with Crippen molar-refractivity contribution in [3.63, 3.8) is 0 Å². The van der Waals surface area contributed by atoms with Gasteiger partial charge in [-0.15, -0.1) is 11.3 Å². The number of benzene rings is 1. The summed E-state index contributed by atoms with van der Waals surface area (Å²) in [5.41, 5.74) is 8.20. The molecule has 0 saturated carbocycles. The Hall–Kier alpha value is -1.36. The Morgan fingerprint density at radius 3 is 2.80 bits per heavy atom. The summed E-state index contributed by atoms with van der Waals surface area (Å²) in [6.45, 7) is 1.91. The number of nitrogens with two attached hydrogens (primary N) is 1. The summed E-state index contributed by atoms with van der Waals surface area (Å²) in [4.78, 5) is 1.18. The standard InChI is InChI=1S/C15H16ClN3S/c1-9-15(16)12(19(2)18-9)8-11(17)14-7-10-5-3-4-6-13(10)20-14/h3-7,11H,8,17H2,1-2H3. The molecule has 0 spiro atoms. The molecule has 2 N–H and O–H groups in total. The summed E-state index contributed by atoms with van der Waals surface area (Å²) in [6.07, 6.45) is 0.697. The first kappa shape index (κ1) is 13.6. The fraction of sp³-hybridized carbons (Fsp3) is 0.267. The first-order valence-electron chi connectivity index (χ1n) is 6.48. The van der Waals surface area contributed by atoms with Gasteiger partial charge in [-0.05, 0) is 24.4 Å². The second kappa shape index (κ2) is 5.20. The lowest BCUT2D eigenvalue weighted by Gasteiger charge is -2.10. The predicted octanol–water partition coefficient (Wildman–Crippen LogP) is 3.84. The smallest absolute Gasteiger partial charge is 0.0847 e. The monoisotopic (exact) mass is 305 g/mol. The number of halogens is 1. The second-order valence-corrected chi connectivity index (χ2v) is 6.46. The van der Waals surface area contributed by atoms with Gasteiger partial charge >= 0.3 is 0 Å². The maximum Gasteiger partial charge on any atom is 0.0847 e. The Morgan fingerprint density at radius 1 is 1.40 bits per heavy atom. The third-order valence-corrected chi connectivity index (χ3v) is 5.22. The van der Waals surface area contributed by atoms with E-state index in [-0.39, 0.29) is 6.04 Å². The highest BCUT2D eigenvalue weighted by atomic mass is 35.5. The molecular formula is C15H16ClN3S. The van der Waals surface area contributed by atoms with Crippen LogP contribution in [0.1, 0.15) is 22.3 Å². The van der Waals surface area contributed by atoms with E-state index in [0.29, 0.717) is 6.42 Å². The molecule has 0 radical (unpaired) electrons. The van der Waals surface area contributed by atoms with Crippen molar-refractivity contribution in [3.05, 3.63) is 51.6 Å². The zero-order valence-electron chi connectivity index (χ0n) is 11.4. The average Bonchev–Trinajstić information content (AvgIpc) is 2.95. The van der Waals surface area contributed by atoms with E-state index in [9.17, 15) is 0 Å². The Balaban J connectivity index is 1.90. The highest BCUT2D eigenvalue weighted by Gasteiger charge is 2.17. The first-order chi connectivity index (χ1) is 9.56. The maximum absolute atomic E-state index is 6.35. The van der Waals surface area contributed by atoms with Crippen LogP contribution in [0.25, 0.3) is 10.1 Å². The quantitative estimate of drug-likeness (QED) is 0.799. The minimum atomic E-state index is -0.0558. The fourth-order valence-electron chi connectivity index (χ4n) is 2.40. The van der Waals surface area contributed by atoms with Crippen molar-refractivity contribution < 1.29 is 0 Å². The van der Waals surface area contributed by atoms with Crippen molar-refractivity contribution in [2.24, 2.45) is 12.8 Å². The highest BCUT2D eigenvalue weighted by molar-refractivity contribution is 7.19. The summed E-state index contributed by atoms with van der Waals surface area (Å²) in [7, 11) is 1.91. The Bertz CT molecular complexity index is 727. The van der Waals surface area contributed by atoms with E-state index >= 15 is 0 Å². The van der Waals surface area contributed by atoms with Crippen molar-refractivity contribution in [1.82, 2.24) is 9.78 Å². The van der Waals surface area contributed by atoms with Gasteiger partial charge in [-0.1, -0.05) is 29.8 Å². The van der Waals surface area contributed by atoms with Gasteiger partial charge in [0.05, 0.1) is 16.4 Å². The van der Waals surface area contributed by atoms with Crippen LogP contribution >= 0.6 is 22.9 Å². The van der Waals surface area contributed by atoms with Crippen LogP contribution in [0, 0.1) is 6.92 Å². The highest BCUT2D eigenvalue weighted by Crippen LogP contribution is 2.31. The zero-order chi connectivity index (χ0) is 14.3. The molecule has 0 amide bonds. The van der Waals surface area contributed by atoms with Gasteiger partial charge in [0.2, 0.25) is 0 Å². The van der Waals surface area contributed by atoms with Crippen molar-refractivity contribution in [3.8, 4) is 0 Å². The molecule has 3 nitrogen and oxygen atoms in total. The maximum atomic E-state index is 6.35. The number of fused-ring (bicyclic) bond motifs is 1. The number of rotatable bonds is 3. The molecule has 3 aromatic rings. The van der Waals surface area contributed by atoms with E-state index in [2.05, 4.69) is 29.4 Å². The number of thiophene rings is 1. The van der Waals surface area contributed by atoms with Crippen molar-refractivity contribution in [2.45, 2.75) is 19.4 Å². The number of hydrogen-bond donors (Lipinski definition) is 1. The molecule has 1 aromatic carbocycles. The molecule has 0 aliphatic heterocycles. The third kappa shape index (κ3) is 2.35. The van der Waals surface area contributed by atoms with Crippen LogP contribution in [-0.4, -0.2) is 9.78 Å². The lowest BCUT2D eigenvalue weighted by Crippen LogP contribution is -2.14. The van der Waals surface area contributed by atoms with Gasteiger partial charge in [0.1, 0.15) is 0 Å². The normalized spacial score (nSPS) is 13.0. The number of aryl methyl sites for hydroxylation is 2. The molecule has 1 atom stereocenters. The number of nitrogens with zero attached hydrogens (tertiary/aromatic N) is 2. The van der Waals surface area contributed by atoms with E-state index in [4.69, 9.17) is 17.3 Å². The molecule has 0 bridgehead atoms. The van der Waals surface area contributed by atoms with Gasteiger partial charge in [-0.25, -0.2) is 0 Å². The minimum Gasteiger partial charge on any atom is -0.323 e. The molecule has 3 rings (SSSR count). The van der Waals surface area contributed by atoms with Gasteiger partial charge in [0.25, 0.3) is 0 Å². The fourth-order valence-corrected chi connectivity index (χ4v) is 3.70. The summed E-state index contributed by atoms with van der Waals surface area (Å²) < 4.78 is 3.09. The lowest BCUT2D eigenvalue weighted by atomic mass is 10.1. The minimum absolute atomic E-state index is 0.0558. The number of aromatic nitrogens is 2. The summed E-state index contributed by atoms with van der Waals surface area (Å²) in [5, 5.41) is 6.30. The molecule has 2 heterocycles. The van der Waals surface area contributed by atoms with Gasteiger partial charge in [-0.2, -0.15) is 5.10 Å². The van der Waals surface area contributed by atoms with E-state index in [1.54, 1.807) is 11.3 Å². The topological polar surface area (TPSA) is 43.8 Å². The van der Waals surface area contributed by atoms with Gasteiger partial charge in [0, 0.05) is 29.1 Å². The summed E-state index contributed by atoms with van der Waals surface area (Å²) in [6, 6.07) is 10.4. The van der Waals surface area contributed by atoms with Gasteiger partial charge in [0.15, 0.2) is 0 Å². The molecule has 2 aromatic heterocycles. The SMILES string of the molecule is Cc1nn(C)c(CC(N)c2cc3ccccc3s2)c1Cl. The average molecular weight is 306 g/mol. The van der Waals surface area contributed by atoms with E-state index in [1.807, 2.05) is 24.7 Å². The Morgan fingerprint density at radius 2 is 2.15 bits per heavy atom. The molecule has 1 unspecified atom stereocenters. The molecular weight excluding hydrogens is 290 g/mol. The van der Waals surface area contributed by atoms with Gasteiger partial charge in [-0.3, -0.25) is 4.68 Å². The zero-order valence-corrected chi connectivity index (χ0v) is 13.0. The molecule has 0 aliphatic rings. The Kier molecular flexibility index (Phi) is 3.54. The molecule has 20 heavy (non-hydrogen) atoms. The largest absolute Gasteiger partial charge is 0.323 e. The van der Waals surface area contributed by atoms with Crippen molar-refractivity contribution >= 4 is 33.0 Å². The van der Waals surface area contributed by atoms with Crippen LogP contribution in [0.5, 0.6) is 0 Å². The van der Waals surface area contributed by atoms with Crippen LogP contribution in [0.4, 0.5) is 0 Å². The lowest BCUT2D eigenvalue weighted by molar-refractivity contribution is 0.646. The molecule has 104 valence electrons. The molecule has 0 aliphatic carbocycles.